The van der Waals surface area contributed by atoms with Gasteiger partial charge in [0.15, 0.2) is 0 Å². The Kier molecular flexibility index (Phi) is 4.87. The number of nitro groups is 1. The zero-order chi connectivity index (χ0) is 13.7. The number of aryl methyl sites for hydroxylation is 1. The minimum atomic E-state index is -0.360. The van der Waals surface area contributed by atoms with E-state index < -0.39 is 0 Å². The Labute approximate surface area is 113 Å². The highest BCUT2D eigenvalue weighted by Gasteiger charge is 2.15. The van der Waals surface area contributed by atoms with Crippen LogP contribution in [0.3, 0.4) is 0 Å². The number of hydrogen-bond acceptors (Lipinski definition) is 4. The predicted molar refractivity (Wildman–Crippen MR) is 75.1 cm³/mol. The summed E-state index contributed by atoms with van der Waals surface area (Å²) in [5, 5.41) is 10.5. The summed E-state index contributed by atoms with van der Waals surface area (Å²) in [5.41, 5.74) is 7.20. The number of non-ortho nitro benzene ring substituents is 1. The number of nitro benzene ring substituents is 1. The van der Waals surface area contributed by atoms with E-state index in [9.17, 15) is 10.1 Å². The maximum absolute atomic E-state index is 10.5. The Morgan fingerprint density at radius 3 is 2.47 bits per heavy atom. The molecule has 1 aliphatic heterocycles. The third-order valence-electron chi connectivity index (χ3n) is 3.72. The van der Waals surface area contributed by atoms with Gasteiger partial charge in [0.25, 0.3) is 5.69 Å². The van der Waals surface area contributed by atoms with E-state index in [4.69, 9.17) is 5.73 Å². The molecule has 5 nitrogen and oxygen atoms in total. The lowest BCUT2D eigenvalue weighted by Gasteiger charge is -2.29. The lowest BCUT2D eigenvalue weighted by molar-refractivity contribution is -0.384. The molecule has 19 heavy (non-hydrogen) atoms. The van der Waals surface area contributed by atoms with Crippen molar-refractivity contribution in [3.63, 3.8) is 0 Å². The zero-order valence-electron chi connectivity index (χ0n) is 11.1. The second-order valence-electron chi connectivity index (χ2n) is 5.21. The summed E-state index contributed by atoms with van der Waals surface area (Å²) in [6, 6.07) is 7.24. The summed E-state index contributed by atoms with van der Waals surface area (Å²) in [5.74, 6) is 0. The van der Waals surface area contributed by atoms with Crippen molar-refractivity contribution in [2.75, 3.05) is 19.6 Å². The molecular formula is C14H21N3O2. The summed E-state index contributed by atoms with van der Waals surface area (Å²) in [6.45, 7) is 3.28. The highest BCUT2D eigenvalue weighted by Crippen LogP contribution is 2.14. The van der Waals surface area contributed by atoms with Crippen molar-refractivity contribution in [3.8, 4) is 0 Å². The average Bonchev–Trinajstić information content (AvgIpc) is 2.41. The number of hydrogen-bond donors (Lipinski definition) is 1. The molecule has 1 fully saturated rings. The molecule has 0 atom stereocenters. The minimum Gasteiger partial charge on any atom is -0.328 e. The number of nitrogens with zero attached hydrogens (tertiary/aromatic N) is 2. The molecule has 5 heteroatoms. The van der Waals surface area contributed by atoms with Crippen molar-refractivity contribution in [2.24, 2.45) is 5.73 Å². The van der Waals surface area contributed by atoms with Crippen LogP contribution in [0.15, 0.2) is 24.3 Å². The van der Waals surface area contributed by atoms with Crippen molar-refractivity contribution < 1.29 is 4.92 Å². The Balaban J connectivity index is 1.72. The highest BCUT2D eigenvalue weighted by molar-refractivity contribution is 5.32. The van der Waals surface area contributed by atoms with Gasteiger partial charge < -0.3 is 10.6 Å². The first-order valence-electron chi connectivity index (χ1n) is 6.86. The van der Waals surface area contributed by atoms with E-state index in [-0.39, 0.29) is 10.6 Å². The van der Waals surface area contributed by atoms with Gasteiger partial charge in [-0.25, -0.2) is 0 Å². The number of rotatable bonds is 5. The molecule has 104 valence electrons. The summed E-state index contributed by atoms with van der Waals surface area (Å²) < 4.78 is 0. The van der Waals surface area contributed by atoms with Crippen LogP contribution in [0.1, 0.15) is 24.8 Å². The Morgan fingerprint density at radius 1 is 1.26 bits per heavy atom. The van der Waals surface area contributed by atoms with Crippen molar-refractivity contribution in [2.45, 2.75) is 31.7 Å². The van der Waals surface area contributed by atoms with E-state index in [0.717, 1.165) is 45.3 Å². The fourth-order valence-corrected chi connectivity index (χ4v) is 2.47. The van der Waals surface area contributed by atoms with Crippen molar-refractivity contribution in [1.82, 2.24) is 4.90 Å². The van der Waals surface area contributed by atoms with Gasteiger partial charge in [-0.2, -0.15) is 0 Å². The van der Waals surface area contributed by atoms with Crippen LogP contribution in [-0.4, -0.2) is 35.5 Å². The van der Waals surface area contributed by atoms with Gasteiger partial charge in [-0.1, -0.05) is 12.1 Å². The third-order valence-corrected chi connectivity index (χ3v) is 3.72. The van der Waals surface area contributed by atoms with E-state index in [1.807, 2.05) is 12.1 Å². The van der Waals surface area contributed by atoms with E-state index in [0.29, 0.717) is 6.04 Å². The molecule has 1 heterocycles. The maximum Gasteiger partial charge on any atom is 0.269 e. The van der Waals surface area contributed by atoms with Crippen LogP contribution in [0, 0.1) is 10.1 Å². The molecule has 1 aromatic rings. The van der Waals surface area contributed by atoms with Gasteiger partial charge in [-0.05, 0) is 50.9 Å². The van der Waals surface area contributed by atoms with Crippen LogP contribution in [-0.2, 0) is 6.42 Å². The van der Waals surface area contributed by atoms with Gasteiger partial charge >= 0.3 is 0 Å². The first-order chi connectivity index (χ1) is 9.15. The first kappa shape index (κ1) is 14.0. The molecule has 0 unspecified atom stereocenters. The van der Waals surface area contributed by atoms with Gasteiger partial charge in [-0.15, -0.1) is 0 Å². The molecule has 2 N–H and O–H groups in total. The predicted octanol–water partition coefficient (Wildman–Crippen LogP) is 1.95. The minimum absolute atomic E-state index is 0.161. The van der Waals surface area contributed by atoms with Crippen LogP contribution in [0.5, 0.6) is 0 Å². The normalized spacial score (nSPS) is 17.5. The summed E-state index contributed by atoms with van der Waals surface area (Å²) >= 11 is 0. The molecule has 0 aliphatic carbocycles. The second-order valence-corrected chi connectivity index (χ2v) is 5.21. The number of piperidine rings is 1. The van der Waals surface area contributed by atoms with E-state index in [1.54, 1.807) is 12.1 Å². The van der Waals surface area contributed by atoms with Crippen molar-refractivity contribution in [3.05, 3.63) is 39.9 Å². The van der Waals surface area contributed by atoms with Gasteiger partial charge in [0.05, 0.1) is 4.92 Å². The monoisotopic (exact) mass is 263 g/mol. The number of benzene rings is 1. The van der Waals surface area contributed by atoms with E-state index in [1.165, 1.54) is 5.56 Å². The fourth-order valence-electron chi connectivity index (χ4n) is 2.47. The average molecular weight is 263 g/mol. The van der Waals surface area contributed by atoms with Gasteiger partial charge in [-0.3, -0.25) is 10.1 Å². The molecule has 2 rings (SSSR count). The second kappa shape index (κ2) is 6.63. The van der Waals surface area contributed by atoms with Crippen LogP contribution in [0.4, 0.5) is 5.69 Å². The van der Waals surface area contributed by atoms with Gasteiger partial charge in [0.1, 0.15) is 0 Å². The van der Waals surface area contributed by atoms with Crippen molar-refractivity contribution in [1.29, 1.82) is 0 Å². The molecule has 1 aliphatic rings. The van der Waals surface area contributed by atoms with Crippen LogP contribution < -0.4 is 5.73 Å². The largest absolute Gasteiger partial charge is 0.328 e. The fraction of sp³-hybridized carbons (Fsp3) is 0.571. The molecule has 0 radical (unpaired) electrons. The number of likely N-dealkylation sites (tertiary alicyclic amines) is 1. The lowest BCUT2D eigenvalue weighted by atomic mass is 10.0. The molecule has 1 saturated heterocycles. The number of nitrogens with two attached hydrogens (primary N) is 1. The van der Waals surface area contributed by atoms with Gasteiger partial charge in [0.2, 0.25) is 0 Å². The van der Waals surface area contributed by atoms with Gasteiger partial charge in [0, 0.05) is 18.2 Å². The standard InChI is InChI=1S/C14H21N3O2/c15-13-7-10-16(11-8-13)9-1-2-12-3-5-14(6-4-12)17(18)19/h3-6,13H,1-2,7-11,15H2. The molecular weight excluding hydrogens is 242 g/mol. The summed E-state index contributed by atoms with van der Waals surface area (Å²) in [6.07, 6.45) is 4.25. The maximum atomic E-state index is 10.5. The highest BCUT2D eigenvalue weighted by atomic mass is 16.6. The molecule has 0 saturated carbocycles. The van der Waals surface area contributed by atoms with Crippen molar-refractivity contribution >= 4 is 5.69 Å². The SMILES string of the molecule is NC1CCN(CCCc2ccc([N+](=O)[O-])cc2)CC1. The van der Waals surface area contributed by atoms with Crippen LogP contribution in [0.25, 0.3) is 0 Å². The lowest BCUT2D eigenvalue weighted by Crippen LogP contribution is -2.40. The zero-order valence-corrected chi connectivity index (χ0v) is 11.1. The Bertz CT molecular complexity index is 411. The Morgan fingerprint density at radius 2 is 1.89 bits per heavy atom. The summed E-state index contributed by atoms with van der Waals surface area (Å²) in [7, 11) is 0. The molecule has 0 amide bonds. The summed E-state index contributed by atoms with van der Waals surface area (Å²) in [4.78, 5) is 12.6. The van der Waals surface area contributed by atoms with Crippen LogP contribution >= 0.6 is 0 Å². The van der Waals surface area contributed by atoms with E-state index in [2.05, 4.69) is 4.90 Å². The molecule has 0 aromatic heterocycles. The third kappa shape index (κ3) is 4.29. The molecule has 1 aromatic carbocycles. The quantitative estimate of drug-likeness (QED) is 0.651. The first-order valence-corrected chi connectivity index (χ1v) is 6.86. The smallest absolute Gasteiger partial charge is 0.269 e. The topological polar surface area (TPSA) is 72.4 Å². The Hall–Kier alpha value is -1.46. The van der Waals surface area contributed by atoms with Crippen LogP contribution in [0.2, 0.25) is 0 Å². The molecule has 0 spiro atoms. The van der Waals surface area contributed by atoms with E-state index >= 15 is 0 Å². The molecule has 0 bridgehead atoms.